The minimum Gasteiger partial charge on any atom is -0.495 e. The van der Waals surface area contributed by atoms with E-state index in [2.05, 4.69) is 15.1 Å². The minimum absolute atomic E-state index is 0.253. The van der Waals surface area contributed by atoms with Gasteiger partial charge in [0.05, 0.1) is 24.8 Å². The third kappa shape index (κ3) is 3.92. The van der Waals surface area contributed by atoms with Gasteiger partial charge in [-0.3, -0.25) is 0 Å². The highest BCUT2D eigenvalue weighted by molar-refractivity contribution is 5.69. The number of nitrogens with zero attached hydrogens (tertiary/aromatic N) is 5. The van der Waals surface area contributed by atoms with Crippen LogP contribution in [0.25, 0.3) is 17.8 Å². The first-order valence-corrected chi connectivity index (χ1v) is 10.7. The van der Waals surface area contributed by atoms with Gasteiger partial charge >= 0.3 is 0 Å². The Kier molecular flexibility index (Phi) is 5.28. The molecule has 2 aromatic carbocycles. The van der Waals surface area contributed by atoms with Crippen LogP contribution in [0.2, 0.25) is 0 Å². The van der Waals surface area contributed by atoms with E-state index in [1.165, 1.54) is 24.3 Å². The molecule has 5 rings (SSSR count). The van der Waals surface area contributed by atoms with Gasteiger partial charge in [0.2, 0.25) is 0 Å². The minimum atomic E-state index is -1.79. The second-order valence-electron chi connectivity index (χ2n) is 8.12. The van der Waals surface area contributed by atoms with Crippen molar-refractivity contribution in [2.75, 3.05) is 7.11 Å². The molecule has 1 atom stereocenters. The topological polar surface area (TPSA) is 57.8 Å². The van der Waals surface area contributed by atoms with Crippen LogP contribution in [0.15, 0.2) is 55.0 Å². The third-order valence-corrected chi connectivity index (χ3v) is 5.85. The Bertz CT molecular complexity index is 1330. The lowest BCUT2D eigenvalue weighted by Gasteiger charge is -2.29. The highest BCUT2D eigenvalue weighted by Crippen LogP contribution is 2.40. The summed E-state index contributed by atoms with van der Waals surface area (Å²) >= 11 is 0. The van der Waals surface area contributed by atoms with Crippen LogP contribution in [0.3, 0.4) is 0 Å². The number of aryl methyl sites for hydroxylation is 2. The summed E-state index contributed by atoms with van der Waals surface area (Å²) in [5, 5.41) is 4.48. The van der Waals surface area contributed by atoms with Crippen molar-refractivity contribution >= 4 is 12.2 Å². The maximum Gasteiger partial charge on any atom is 0.194 e. The molecule has 3 heterocycles. The number of rotatable bonds is 5. The number of imidazole rings is 1. The fourth-order valence-corrected chi connectivity index (χ4v) is 4.19. The normalized spacial score (nSPS) is 17.9. The number of alkyl halides is 1. The Balaban J connectivity index is 1.43. The molecule has 0 aliphatic carbocycles. The van der Waals surface area contributed by atoms with E-state index in [1.54, 1.807) is 24.2 Å². The lowest BCUT2D eigenvalue weighted by Crippen LogP contribution is -2.31. The van der Waals surface area contributed by atoms with Crippen LogP contribution in [0.1, 0.15) is 41.3 Å². The molecule has 0 unspecified atom stereocenters. The average Bonchev–Trinajstić information content (AvgIpc) is 3.45. The smallest absolute Gasteiger partial charge is 0.194 e. The Morgan fingerprint density at radius 1 is 1.12 bits per heavy atom. The van der Waals surface area contributed by atoms with E-state index >= 15 is 4.39 Å². The van der Waals surface area contributed by atoms with Crippen LogP contribution >= 0.6 is 0 Å². The summed E-state index contributed by atoms with van der Waals surface area (Å²) in [4.78, 5) is 8.74. The standard InChI is InChI=1S/C25H23F2N5O/c1-17-15-31(16-28-17)21-10-4-18(14-22(21)33-2)5-11-23-29-24-25(27,12-3-13-32(24)30-23)19-6-8-20(26)9-7-19/h4-11,14-16H,3,12-13H2,1-2H3/b11-5+/t25-/m0/s1. The summed E-state index contributed by atoms with van der Waals surface area (Å²) in [6, 6.07) is 11.3. The predicted molar refractivity (Wildman–Crippen MR) is 121 cm³/mol. The maximum absolute atomic E-state index is 16.0. The molecule has 6 nitrogen and oxygen atoms in total. The molecule has 0 saturated heterocycles. The van der Waals surface area contributed by atoms with E-state index in [1.807, 2.05) is 42.0 Å². The van der Waals surface area contributed by atoms with Gasteiger partial charge in [-0.05, 0) is 61.2 Å². The first kappa shape index (κ1) is 21.1. The van der Waals surface area contributed by atoms with Gasteiger partial charge in [-0.2, -0.15) is 5.10 Å². The number of hydrogen-bond donors (Lipinski definition) is 0. The third-order valence-electron chi connectivity index (χ3n) is 5.85. The molecule has 0 spiro atoms. The molecule has 0 radical (unpaired) electrons. The molecule has 0 saturated carbocycles. The Hall–Kier alpha value is -3.81. The first-order chi connectivity index (χ1) is 16.0. The van der Waals surface area contributed by atoms with Crippen molar-refractivity contribution in [3.05, 3.63) is 89.3 Å². The van der Waals surface area contributed by atoms with Crippen LogP contribution in [0, 0.1) is 12.7 Å². The largest absolute Gasteiger partial charge is 0.495 e. The van der Waals surface area contributed by atoms with Crippen LogP contribution in [0.4, 0.5) is 8.78 Å². The summed E-state index contributed by atoms with van der Waals surface area (Å²) < 4.78 is 38.4. The molecule has 0 amide bonds. The van der Waals surface area contributed by atoms with Gasteiger partial charge in [0.25, 0.3) is 0 Å². The van der Waals surface area contributed by atoms with E-state index in [0.717, 1.165) is 16.9 Å². The van der Waals surface area contributed by atoms with Gasteiger partial charge in [0.15, 0.2) is 17.3 Å². The van der Waals surface area contributed by atoms with Gasteiger partial charge < -0.3 is 9.30 Å². The number of fused-ring (bicyclic) bond motifs is 1. The Morgan fingerprint density at radius 2 is 1.94 bits per heavy atom. The second kappa shape index (κ2) is 8.27. The highest BCUT2D eigenvalue weighted by atomic mass is 19.1. The molecule has 33 heavy (non-hydrogen) atoms. The molecular formula is C25H23F2N5O. The number of benzene rings is 2. The van der Waals surface area contributed by atoms with Crippen LogP contribution < -0.4 is 4.74 Å². The van der Waals surface area contributed by atoms with Crippen molar-refractivity contribution in [2.24, 2.45) is 0 Å². The van der Waals surface area contributed by atoms with Crippen molar-refractivity contribution in [3.63, 3.8) is 0 Å². The van der Waals surface area contributed by atoms with E-state index in [-0.39, 0.29) is 12.2 Å². The molecule has 1 aliphatic rings. The van der Waals surface area contributed by atoms with Gasteiger partial charge in [-0.15, -0.1) is 0 Å². The molecule has 0 fully saturated rings. The Morgan fingerprint density at radius 3 is 2.67 bits per heavy atom. The fourth-order valence-electron chi connectivity index (χ4n) is 4.19. The number of halogens is 2. The highest BCUT2D eigenvalue weighted by Gasteiger charge is 2.41. The number of aromatic nitrogens is 5. The molecule has 168 valence electrons. The van der Waals surface area contributed by atoms with E-state index in [4.69, 9.17) is 4.74 Å². The summed E-state index contributed by atoms with van der Waals surface area (Å²) in [5.41, 5.74) is 1.29. The SMILES string of the molecule is COc1cc(/C=C/c2nc3n(n2)CCC[C@]3(F)c2ccc(F)cc2)ccc1-n1cnc(C)c1. The van der Waals surface area contributed by atoms with Crippen molar-refractivity contribution < 1.29 is 13.5 Å². The maximum atomic E-state index is 16.0. The molecule has 8 heteroatoms. The molecule has 1 aliphatic heterocycles. The number of hydrogen-bond acceptors (Lipinski definition) is 4. The first-order valence-electron chi connectivity index (χ1n) is 10.7. The lowest BCUT2D eigenvalue weighted by molar-refractivity contribution is 0.152. The Labute approximate surface area is 190 Å². The van der Waals surface area contributed by atoms with E-state index in [9.17, 15) is 4.39 Å². The van der Waals surface area contributed by atoms with Gasteiger partial charge in [0, 0.05) is 12.7 Å². The van der Waals surface area contributed by atoms with Crippen molar-refractivity contribution in [1.82, 2.24) is 24.3 Å². The molecular weight excluding hydrogens is 424 g/mol. The zero-order chi connectivity index (χ0) is 23.0. The summed E-state index contributed by atoms with van der Waals surface area (Å²) in [5.74, 6) is 0.978. The molecule has 2 aromatic heterocycles. The van der Waals surface area contributed by atoms with Crippen molar-refractivity contribution in [3.8, 4) is 11.4 Å². The van der Waals surface area contributed by atoms with Crippen LogP contribution in [-0.4, -0.2) is 31.4 Å². The summed E-state index contributed by atoms with van der Waals surface area (Å²) in [7, 11) is 1.62. The van der Waals surface area contributed by atoms with Gasteiger partial charge in [-0.25, -0.2) is 23.4 Å². The van der Waals surface area contributed by atoms with E-state index in [0.29, 0.717) is 30.1 Å². The lowest BCUT2D eigenvalue weighted by atomic mass is 9.88. The summed E-state index contributed by atoms with van der Waals surface area (Å²) in [6.07, 6.45) is 8.20. The fraction of sp³-hybridized carbons (Fsp3) is 0.240. The monoisotopic (exact) mass is 447 g/mol. The zero-order valence-corrected chi connectivity index (χ0v) is 18.4. The quantitative estimate of drug-likeness (QED) is 0.427. The van der Waals surface area contributed by atoms with Crippen molar-refractivity contribution in [2.45, 2.75) is 32.0 Å². The second-order valence-corrected chi connectivity index (χ2v) is 8.12. The molecule has 4 aromatic rings. The molecule has 0 bridgehead atoms. The predicted octanol–water partition coefficient (Wildman–Crippen LogP) is 5.10. The van der Waals surface area contributed by atoms with Crippen LogP contribution in [-0.2, 0) is 12.2 Å². The van der Waals surface area contributed by atoms with Gasteiger partial charge in [0.1, 0.15) is 11.6 Å². The van der Waals surface area contributed by atoms with Crippen molar-refractivity contribution in [1.29, 1.82) is 0 Å². The number of ether oxygens (including phenoxy) is 1. The van der Waals surface area contributed by atoms with Gasteiger partial charge in [-0.1, -0.05) is 24.3 Å². The summed E-state index contributed by atoms with van der Waals surface area (Å²) in [6.45, 7) is 2.52. The zero-order valence-electron chi connectivity index (χ0n) is 18.4. The van der Waals surface area contributed by atoms with E-state index < -0.39 is 11.5 Å². The molecule has 0 N–H and O–H groups in total. The average molecular weight is 447 g/mol. The van der Waals surface area contributed by atoms with Crippen LogP contribution in [0.5, 0.6) is 5.75 Å². The number of methoxy groups -OCH3 is 1.